The summed E-state index contributed by atoms with van der Waals surface area (Å²) >= 11 is 0. The monoisotopic (exact) mass is 242 g/mol. The summed E-state index contributed by atoms with van der Waals surface area (Å²) in [5.41, 5.74) is 4.02. The zero-order valence-electron chi connectivity index (χ0n) is 10.3. The molecule has 1 nitrogen and oxygen atoms in total. The number of halogens is 1. The van der Waals surface area contributed by atoms with Crippen molar-refractivity contribution in [3.63, 3.8) is 0 Å². The fraction of sp³-hybridized carbons (Fsp3) is 0.188. The lowest BCUT2D eigenvalue weighted by atomic mass is 9.98. The minimum absolute atomic E-state index is 0.220. The number of hydrogen-bond donors (Lipinski definition) is 0. The highest BCUT2D eigenvalue weighted by molar-refractivity contribution is 5.77. The largest absolute Gasteiger partial charge is 0.298 e. The van der Waals surface area contributed by atoms with Gasteiger partial charge < -0.3 is 0 Å². The molecule has 2 aromatic rings. The van der Waals surface area contributed by atoms with Crippen molar-refractivity contribution >= 4 is 6.29 Å². The summed E-state index contributed by atoms with van der Waals surface area (Å²) in [5.74, 6) is -0.220. The summed E-state index contributed by atoms with van der Waals surface area (Å²) in [6.45, 7) is 2.01. The molecular formula is C16H15FO. The molecule has 0 heterocycles. The molecule has 0 aliphatic carbocycles. The highest BCUT2D eigenvalue weighted by atomic mass is 19.1. The van der Waals surface area contributed by atoms with Crippen LogP contribution in [0.2, 0.25) is 0 Å². The minimum atomic E-state index is -0.220. The van der Waals surface area contributed by atoms with Crippen molar-refractivity contribution in [3.8, 4) is 0 Å². The lowest BCUT2D eigenvalue weighted by molar-refractivity contribution is 0.112. The van der Waals surface area contributed by atoms with E-state index in [4.69, 9.17) is 0 Å². The van der Waals surface area contributed by atoms with Gasteiger partial charge in [0.2, 0.25) is 0 Å². The van der Waals surface area contributed by atoms with Gasteiger partial charge in [-0.1, -0.05) is 35.9 Å². The summed E-state index contributed by atoms with van der Waals surface area (Å²) in [7, 11) is 0. The van der Waals surface area contributed by atoms with Gasteiger partial charge in [-0.15, -0.1) is 0 Å². The van der Waals surface area contributed by atoms with Crippen molar-refractivity contribution in [3.05, 3.63) is 70.5 Å². The van der Waals surface area contributed by atoms with Crippen LogP contribution in [-0.4, -0.2) is 6.29 Å². The molecule has 2 aromatic carbocycles. The number of aldehydes is 1. The third-order valence-electron chi connectivity index (χ3n) is 3.02. The normalized spacial score (nSPS) is 10.3. The Morgan fingerprint density at radius 2 is 1.78 bits per heavy atom. The summed E-state index contributed by atoms with van der Waals surface area (Å²) < 4.78 is 12.8. The summed E-state index contributed by atoms with van der Waals surface area (Å²) in [6.07, 6.45) is 2.49. The number of carbonyl (C=O) groups excluding carboxylic acids is 1. The van der Waals surface area contributed by atoms with E-state index >= 15 is 0 Å². The Kier molecular flexibility index (Phi) is 3.88. The number of aryl methyl sites for hydroxylation is 3. The third-order valence-corrected chi connectivity index (χ3v) is 3.02. The highest BCUT2D eigenvalue weighted by Crippen LogP contribution is 2.14. The van der Waals surface area contributed by atoms with Gasteiger partial charge in [0.15, 0.2) is 0 Å². The van der Waals surface area contributed by atoms with Crippen LogP contribution in [0.25, 0.3) is 0 Å². The van der Waals surface area contributed by atoms with Crippen LogP contribution in [0.3, 0.4) is 0 Å². The molecule has 0 aliphatic rings. The first-order chi connectivity index (χ1) is 8.69. The second kappa shape index (κ2) is 5.58. The second-order valence-corrected chi connectivity index (χ2v) is 4.45. The predicted molar refractivity (Wildman–Crippen MR) is 70.4 cm³/mol. The highest BCUT2D eigenvalue weighted by Gasteiger charge is 2.03. The van der Waals surface area contributed by atoms with E-state index in [1.54, 1.807) is 12.1 Å². The second-order valence-electron chi connectivity index (χ2n) is 4.45. The maximum atomic E-state index is 12.8. The van der Waals surface area contributed by atoms with Gasteiger partial charge in [-0.3, -0.25) is 4.79 Å². The van der Waals surface area contributed by atoms with E-state index in [1.807, 2.05) is 25.1 Å². The molecule has 92 valence electrons. The zero-order valence-corrected chi connectivity index (χ0v) is 10.3. The van der Waals surface area contributed by atoms with Gasteiger partial charge in [-0.25, -0.2) is 4.39 Å². The molecule has 2 rings (SSSR count). The molecule has 18 heavy (non-hydrogen) atoms. The Balaban J connectivity index is 2.12. The first-order valence-corrected chi connectivity index (χ1v) is 5.98. The summed E-state index contributed by atoms with van der Waals surface area (Å²) in [4.78, 5) is 10.9. The van der Waals surface area contributed by atoms with Crippen LogP contribution >= 0.6 is 0 Å². The quantitative estimate of drug-likeness (QED) is 0.746. The van der Waals surface area contributed by atoms with E-state index in [2.05, 4.69) is 0 Å². The molecule has 0 N–H and O–H groups in total. The first kappa shape index (κ1) is 12.5. The van der Waals surface area contributed by atoms with Crippen LogP contribution in [0.15, 0.2) is 42.5 Å². The van der Waals surface area contributed by atoms with Gasteiger partial charge >= 0.3 is 0 Å². The molecule has 0 fully saturated rings. The van der Waals surface area contributed by atoms with E-state index in [0.717, 1.165) is 41.4 Å². The van der Waals surface area contributed by atoms with E-state index in [1.165, 1.54) is 12.1 Å². The van der Waals surface area contributed by atoms with E-state index in [0.29, 0.717) is 0 Å². The summed E-state index contributed by atoms with van der Waals surface area (Å²) in [6, 6.07) is 12.3. The molecule has 0 spiro atoms. The van der Waals surface area contributed by atoms with E-state index in [9.17, 15) is 9.18 Å². The zero-order chi connectivity index (χ0) is 13.0. The topological polar surface area (TPSA) is 17.1 Å². The van der Waals surface area contributed by atoms with Crippen molar-refractivity contribution in [2.45, 2.75) is 19.8 Å². The van der Waals surface area contributed by atoms with Gasteiger partial charge in [0.05, 0.1) is 0 Å². The van der Waals surface area contributed by atoms with Crippen LogP contribution in [0.5, 0.6) is 0 Å². The Morgan fingerprint density at radius 1 is 1.06 bits per heavy atom. The molecule has 0 aromatic heterocycles. The predicted octanol–water partition coefficient (Wildman–Crippen LogP) is 3.73. The minimum Gasteiger partial charge on any atom is -0.298 e. The molecule has 0 saturated carbocycles. The smallest absolute Gasteiger partial charge is 0.150 e. The molecule has 0 unspecified atom stereocenters. The SMILES string of the molecule is Cc1ccc(C=O)c(CCc2ccc(F)cc2)c1. The van der Waals surface area contributed by atoms with Gasteiger partial charge in [0.25, 0.3) is 0 Å². The maximum Gasteiger partial charge on any atom is 0.150 e. The molecule has 0 aliphatic heterocycles. The Bertz CT molecular complexity index is 544. The van der Waals surface area contributed by atoms with Crippen molar-refractivity contribution in [1.29, 1.82) is 0 Å². The van der Waals surface area contributed by atoms with Crippen molar-refractivity contribution in [2.24, 2.45) is 0 Å². The van der Waals surface area contributed by atoms with E-state index in [-0.39, 0.29) is 5.82 Å². The van der Waals surface area contributed by atoms with Crippen molar-refractivity contribution in [1.82, 2.24) is 0 Å². The molecule has 0 saturated heterocycles. The first-order valence-electron chi connectivity index (χ1n) is 5.98. The van der Waals surface area contributed by atoms with Gasteiger partial charge in [-0.05, 0) is 43.0 Å². The van der Waals surface area contributed by atoms with Crippen LogP contribution in [0, 0.1) is 12.7 Å². The van der Waals surface area contributed by atoms with Crippen LogP contribution in [0.1, 0.15) is 27.0 Å². The Labute approximate surface area is 106 Å². The number of carbonyl (C=O) groups is 1. The van der Waals surface area contributed by atoms with Crippen LogP contribution in [-0.2, 0) is 12.8 Å². The number of rotatable bonds is 4. The van der Waals surface area contributed by atoms with Crippen molar-refractivity contribution in [2.75, 3.05) is 0 Å². The Hall–Kier alpha value is -1.96. The average molecular weight is 242 g/mol. The third kappa shape index (κ3) is 3.04. The number of benzene rings is 2. The molecule has 0 bridgehead atoms. The molecular weight excluding hydrogens is 227 g/mol. The lowest BCUT2D eigenvalue weighted by Gasteiger charge is -2.06. The average Bonchev–Trinajstić information content (AvgIpc) is 2.38. The van der Waals surface area contributed by atoms with Crippen LogP contribution in [0.4, 0.5) is 4.39 Å². The Morgan fingerprint density at radius 3 is 2.44 bits per heavy atom. The molecule has 2 heteroatoms. The number of hydrogen-bond acceptors (Lipinski definition) is 1. The van der Waals surface area contributed by atoms with Gasteiger partial charge in [-0.2, -0.15) is 0 Å². The molecule has 0 atom stereocenters. The van der Waals surface area contributed by atoms with Crippen LogP contribution < -0.4 is 0 Å². The molecule has 0 radical (unpaired) electrons. The van der Waals surface area contributed by atoms with E-state index < -0.39 is 0 Å². The summed E-state index contributed by atoms with van der Waals surface area (Å²) in [5, 5.41) is 0. The fourth-order valence-electron chi connectivity index (χ4n) is 2.00. The fourth-order valence-corrected chi connectivity index (χ4v) is 2.00. The lowest BCUT2D eigenvalue weighted by Crippen LogP contribution is -1.97. The van der Waals surface area contributed by atoms with Gasteiger partial charge in [0, 0.05) is 5.56 Å². The maximum absolute atomic E-state index is 12.8. The van der Waals surface area contributed by atoms with Gasteiger partial charge in [0.1, 0.15) is 12.1 Å². The molecule has 0 amide bonds. The van der Waals surface area contributed by atoms with Crippen molar-refractivity contribution < 1.29 is 9.18 Å². The standard InChI is InChI=1S/C16H15FO/c1-12-2-6-15(11-18)14(10-12)7-3-13-4-8-16(17)9-5-13/h2,4-6,8-11H,3,7H2,1H3.